The Kier molecular flexibility index (Phi) is 7.87. The van der Waals surface area contributed by atoms with Crippen LogP contribution in [-0.2, 0) is 6.18 Å². The summed E-state index contributed by atoms with van der Waals surface area (Å²) < 4.78 is 44.2. The van der Waals surface area contributed by atoms with Gasteiger partial charge in [-0.3, -0.25) is 0 Å². The second kappa shape index (κ2) is 11.2. The van der Waals surface area contributed by atoms with Crippen LogP contribution in [0.3, 0.4) is 0 Å². The first-order valence-corrected chi connectivity index (χ1v) is 12.0. The number of thiazole rings is 1. The summed E-state index contributed by atoms with van der Waals surface area (Å²) in [7, 11) is 0. The molecule has 0 saturated heterocycles. The molecule has 2 aromatic carbocycles. The Morgan fingerprint density at radius 3 is 2.35 bits per heavy atom. The number of rotatable bonds is 8. The van der Waals surface area contributed by atoms with Crippen LogP contribution in [0.2, 0.25) is 0 Å². The molecule has 0 radical (unpaired) electrons. The zero-order valence-corrected chi connectivity index (χ0v) is 20.7. The van der Waals surface area contributed by atoms with Gasteiger partial charge in [-0.05, 0) is 53.9 Å². The maximum atomic E-state index is 12.8. The van der Waals surface area contributed by atoms with Crippen molar-refractivity contribution in [2.75, 3.05) is 22.5 Å². The highest BCUT2D eigenvalue weighted by Crippen LogP contribution is 2.32. The molecule has 37 heavy (non-hydrogen) atoms. The van der Waals surface area contributed by atoms with E-state index in [1.54, 1.807) is 23.5 Å². The third-order valence-electron chi connectivity index (χ3n) is 4.85. The number of urea groups is 1. The van der Waals surface area contributed by atoms with Gasteiger partial charge in [0.1, 0.15) is 5.75 Å². The largest absolute Gasteiger partial charge is 0.424 e. The third kappa shape index (κ3) is 7.40. The molecule has 0 spiro atoms. The second-order valence-corrected chi connectivity index (χ2v) is 9.37. The molecule has 8 nitrogen and oxygen atoms in total. The van der Waals surface area contributed by atoms with Gasteiger partial charge in [-0.1, -0.05) is 31.3 Å². The number of alkyl halides is 3. The molecule has 0 aliphatic carbocycles. The topological polar surface area (TPSA) is 101 Å². The van der Waals surface area contributed by atoms with Crippen LogP contribution in [0.5, 0.6) is 11.8 Å². The maximum absolute atomic E-state index is 12.8. The highest BCUT2D eigenvalue weighted by atomic mass is 32.1. The predicted octanol–water partition coefficient (Wildman–Crippen LogP) is 7.12. The average molecular weight is 529 g/mol. The van der Waals surface area contributed by atoms with Gasteiger partial charge in [0.15, 0.2) is 5.13 Å². The molecule has 0 saturated carbocycles. The number of amides is 2. The van der Waals surface area contributed by atoms with E-state index in [-0.39, 0.29) is 17.4 Å². The molecule has 0 aliphatic rings. The van der Waals surface area contributed by atoms with Gasteiger partial charge in [0, 0.05) is 18.4 Å². The van der Waals surface area contributed by atoms with Crippen molar-refractivity contribution in [3.05, 3.63) is 72.7 Å². The molecular formula is C25H23F3N6O2S. The number of anilines is 3. The first kappa shape index (κ1) is 25.9. The van der Waals surface area contributed by atoms with Crippen LogP contribution < -0.4 is 20.7 Å². The van der Waals surface area contributed by atoms with Crippen LogP contribution in [-0.4, -0.2) is 27.5 Å². The van der Waals surface area contributed by atoms with Crippen LogP contribution >= 0.6 is 11.3 Å². The highest BCUT2D eigenvalue weighted by molar-refractivity contribution is 7.18. The van der Waals surface area contributed by atoms with Gasteiger partial charge >= 0.3 is 18.2 Å². The van der Waals surface area contributed by atoms with E-state index in [0.717, 1.165) is 34.2 Å². The first-order valence-electron chi connectivity index (χ1n) is 11.2. The SMILES string of the molecule is CC(C)CNc1ncc(-c2ccc(Oc3ncc(NC(=O)Nc4cccc(C(F)(F)F)c4)cn3)cc2)s1. The first-order chi connectivity index (χ1) is 17.7. The van der Waals surface area contributed by atoms with Crippen molar-refractivity contribution >= 4 is 33.9 Å². The number of hydrogen-bond acceptors (Lipinski definition) is 7. The minimum atomic E-state index is -4.51. The van der Waals surface area contributed by atoms with E-state index < -0.39 is 17.8 Å². The molecule has 2 amide bonds. The van der Waals surface area contributed by atoms with E-state index >= 15 is 0 Å². The fourth-order valence-electron chi connectivity index (χ4n) is 3.07. The smallest absolute Gasteiger partial charge is 0.416 e. The van der Waals surface area contributed by atoms with Gasteiger partial charge in [0.2, 0.25) is 0 Å². The standard InChI is InChI=1S/C25H23F3N6O2S/c1-15(2)11-31-24-32-14-21(37-24)16-6-8-20(9-7-16)36-23-29-12-19(13-30-23)34-22(35)33-18-5-3-4-17(10-18)25(26,27)28/h3-10,12-15H,11H2,1-2H3,(H,31,32)(H2,33,34,35). The van der Waals surface area contributed by atoms with Crippen LogP contribution in [0.15, 0.2) is 67.1 Å². The fraction of sp³-hybridized carbons (Fsp3) is 0.200. The second-order valence-electron chi connectivity index (χ2n) is 8.34. The van der Waals surface area contributed by atoms with Gasteiger partial charge in [-0.2, -0.15) is 13.2 Å². The Morgan fingerprint density at radius 2 is 1.68 bits per heavy atom. The number of nitrogens with zero attached hydrogens (tertiary/aromatic N) is 3. The van der Waals surface area contributed by atoms with Crippen LogP contribution in [0, 0.1) is 5.92 Å². The molecule has 4 rings (SSSR count). The minimum Gasteiger partial charge on any atom is -0.424 e. The number of benzene rings is 2. The Balaban J connectivity index is 1.31. The summed E-state index contributed by atoms with van der Waals surface area (Å²) in [5.41, 5.74) is 0.366. The summed E-state index contributed by atoms with van der Waals surface area (Å²) in [6.45, 7) is 5.12. The maximum Gasteiger partial charge on any atom is 0.416 e. The van der Waals surface area contributed by atoms with E-state index in [1.807, 2.05) is 18.3 Å². The summed E-state index contributed by atoms with van der Waals surface area (Å²) in [6, 6.07) is 11.0. The van der Waals surface area contributed by atoms with Gasteiger partial charge in [-0.25, -0.2) is 19.7 Å². The lowest BCUT2D eigenvalue weighted by Crippen LogP contribution is -2.20. The van der Waals surface area contributed by atoms with E-state index in [0.29, 0.717) is 11.7 Å². The molecule has 0 bridgehead atoms. The van der Waals surface area contributed by atoms with E-state index in [9.17, 15) is 18.0 Å². The Labute approximate surface area is 215 Å². The van der Waals surface area contributed by atoms with Gasteiger partial charge < -0.3 is 20.7 Å². The lowest BCUT2D eigenvalue weighted by atomic mass is 10.2. The molecule has 0 fully saturated rings. The van der Waals surface area contributed by atoms with Gasteiger partial charge in [0.05, 0.1) is 28.5 Å². The Morgan fingerprint density at radius 1 is 0.973 bits per heavy atom. The van der Waals surface area contributed by atoms with Crippen molar-refractivity contribution < 1.29 is 22.7 Å². The lowest BCUT2D eigenvalue weighted by Gasteiger charge is -2.11. The number of ether oxygens (including phenoxy) is 1. The number of carbonyl (C=O) groups excluding carboxylic acids is 1. The lowest BCUT2D eigenvalue weighted by molar-refractivity contribution is -0.137. The summed E-state index contributed by atoms with van der Waals surface area (Å²) in [5.74, 6) is 1.05. The van der Waals surface area contributed by atoms with E-state index in [4.69, 9.17) is 4.74 Å². The van der Waals surface area contributed by atoms with Crippen molar-refractivity contribution in [1.29, 1.82) is 0 Å². The van der Waals surface area contributed by atoms with Crippen molar-refractivity contribution in [3.63, 3.8) is 0 Å². The molecule has 192 valence electrons. The Bertz CT molecular complexity index is 1340. The van der Waals surface area contributed by atoms with Crippen molar-refractivity contribution in [2.24, 2.45) is 5.92 Å². The average Bonchev–Trinajstić information content (AvgIpc) is 3.33. The van der Waals surface area contributed by atoms with Crippen molar-refractivity contribution in [1.82, 2.24) is 15.0 Å². The third-order valence-corrected chi connectivity index (χ3v) is 5.85. The monoisotopic (exact) mass is 528 g/mol. The summed E-state index contributed by atoms with van der Waals surface area (Å²) in [6.07, 6.45) is -0.0362. The van der Waals surface area contributed by atoms with E-state index in [1.165, 1.54) is 24.5 Å². The Hall–Kier alpha value is -4.19. The quantitative estimate of drug-likeness (QED) is 0.225. The van der Waals surface area contributed by atoms with Crippen molar-refractivity contribution in [3.8, 4) is 22.2 Å². The molecule has 2 heterocycles. The summed E-state index contributed by atoms with van der Waals surface area (Å²) in [4.78, 5) is 25.7. The summed E-state index contributed by atoms with van der Waals surface area (Å²) >= 11 is 1.57. The molecule has 12 heteroatoms. The van der Waals surface area contributed by atoms with Gasteiger partial charge in [0.25, 0.3) is 0 Å². The minimum absolute atomic E-state index is 0.00183. The molecule has 3 N–H and O–H groups in total. The number of carbonyl (C=O) groups is 1. The molecular weight excluding hydrogens is 505 g/mol. The number of nitrogens with one attached hydrogen (secondary N) is 3. The van der Waals surface area contributed by atoms with E-state index in [2.05, 4.69) is 44.7 Å². The normalized spacial score (nSPS) is 11.3. The predicted molar refractivity (Wildman–Crippen MR) is 137 cm³/mol. The molecule has 0 atom stereocenters. The summed E-state index contributed by atoms with van der Waals surface area (Å²) in [5, 5.41) is 8.98. The van der Waals surface area contributed by atoms with Gasteiger partial charge in [-0.15, -0.1) is 0 Å². The van der Waals surface area contributed by atoms with Crippen molar-refractivity contribution in [2.45, 2.75) is 20.0 Å². The van der Waals surface area contributed by atoms with Crippen LogP contribution in [0.1, 0.15) is 19.4 Å². The molecule has 4 aromatic rings. The number of hydrogen-bond donors (Lipinski definition) is 3. The zero-order valence-electron chi connectivity index (χ0n) is 19.8. The van der Waals surface area contributed by atoms with Crippen LogP contribution in [0.4, 0.5) is 34.5 Å². The van der Waals surface area contributed by atoms with Crippen LogP contribution in [0.25, 0.3) is 10.4 Å². The fourth-order valence-corrected chi connectivity index (χ4v) is 3.90. The molecule has 0 aliphatic heterocycles. The number of halogens is 3. The zero-order chi connectivity index (χ0) is 26.4. The molecule has 0 unspecified atom stereocenters. The molecule has 2 aromatic heterocycles. The number of aromatic nitrogens is 3. The highest BCUT2D eigenvalue weighted by Gasteiger charge is 2.30.